The standard InChI is InChI=1S/C16H22N4O2S/c1-2-23(21,22)19-10-8-16(9-11-19)20-13-15(17-18-20)12-14-6-4-3-5-7-14/h3-7,13,16H,2,8-12H2,1H3. The smallest absolute Gasteiger partial charge is 0.213 e. The molecule has 6 nitrogen and oxygen atoms in total. The molecule has 23 heavy (non-hydrogen) atoms. The molecule has 0 aliphatic carbocycles. The highest BCUT2D eigenvalue weighted by molar-refractivity contribution is 7.89. The van der Waals surface area contributed by atoms with Gasteiger partial charge in [-0.2, -0.15) is 0 Å². The molecule has 1 saturated heterocycles. The minimum atomic E-state index is -3.07. The maximum atomic E-state index is 11.9. The van der Waals surface area contributed by atoms with Gasteiger partial charge in [-0.3, -0.25) is 0 Å². The molecule has 0 amide bonds. The van der Waals surface area contributed by atoms with E-state index < -0.39 is 10.0 Å². The van der Waals surface area contributed by atoms with Crippen molar-refractivity contribution in [2.75, 3.05) is 18.8 Å². The van der Waals surface area contributed by atoms with E-state index in [1.165, 1.54) is 5.56 Å². The molecule has 0 atom stereocenters. The van der Waals surface area contributed by atoms with Gasteiger partial charge in [-0.1, -0.05) is 35.5 Å². The summed E-state index contributed by atoms with van der Waals surface area (Å²) in [7, 11) is -3.07. The molecule has 0 radical (unpaired) electrons. The van der Waals surface area contributed by atoms with Crippen LogP contribution in [0.2, 0.25) is 0 Å². The first-order chi connectivity index (χ1) is 11.1. The molecular weight excluding hydrogens is 312 g/mol. The van der Waals surface area contributed by atoms with Crippen molar-refractivity contribution in [1.82, 2.24) is 19.3 Å². The Kier molecular flexibility index (Phi) is 4.77. The van der Waals surface area contributed by atoms with Crippen LogP contribution in [0, 0.1) is 0 Å². The molecule has 3 rings (SSSR count). The van der Waals surface area contributed by atoms with Crippen molar-refractivity contribution < 1.29 is 8.42 Å². The van der Waals surface area contributed by atoms with Gasteiger partial charge in [0.25, 0.3) is 0 Å². The summed E-state index contributed by atoms with van der Waals surface area (Å²) in [5.41, 5.74) is 2.16. The van der Waals surface area contributed by atoms with Crippen molar-refractivity contribution in [1.29, 1.82) is 0 Å². The fourth-order valence-corrected chi connectivity index (χ4v) is 4.08. The summed E-state index contributed by atoms with van der Waals surface area (Å²) >= 11 is 0. The van der Waals surface area contributed by atoms with E-state index in [0.717, 1.165) is 25.0 Å². The maximum absolute atomic E-state index is 11.9. The average Bonchev–Trinajstić information content (AvgIpc) is 3.04. The topological polar surface area (TPSA) is 68.1 Å². The van der Waals surface area contributed by atoms with Crippen LogP contribution >= 0.6 is 0 Å². The Morgan fingerprint density at radius 1 is 1.17 bits per heavy atom. The SMILES string of the molecule is CCS(=O)(=O)N1CCC(n2cc(Cc3ccccc3)nn2)CC1. The third kappa shape index (κ3) is 3.79. The van der Waals surface area contributed by atoms with Crippen molar-refractivity contribution in [2.24, 2.45) is 0 Å². The maximum Gasteiger partial charge on any atom is 0.213 e. The van der Waals surface area contributed by atoms with Gasteiger partial charge < -0.3 is 0 Å². The monoisotopic (exact) mass is 334 g/mol. The Morgan fingerprint density at radius 3 is 2.52 bits per heavy atom. The van der Waals surface area contributed by atoms with Gasteiger partial charge in [0, 0.05) is 25.7 Å². The van der Waals surface area contributed by atoms with Gasteiger partial charge in [0.1, 0.15) is 0 Å². The predicted octanol–water partition coefficient (Wildman–Crippen LogP) is 1.86. The fourth-order valence-electron chi connectivity index (χ4n) is 2.95. The van der Waals surface area contributed by atoms with Crippen LogP contribution < -0.4 is 0 Å². The lowest BCUT2D eigenvalue weighted by Crippen LogP contribution is -2.39. The Bertz CT molecular complexity index is 734. The summed E-state index contributed by atoms with van der Waals surface area (Å²) in [6, 6.07) is 10.4. The van der Waals surface area contributed by atoms with Crippen LogP contribution in [0.4, 0.5) is 0 Å². The zero-order valence-corrected chi connectivity index (χ0v) is 14.1. The fraction of sp³-hybridized carbons (Fsp3) is 0.500. The summed E-state index contributed by atoms with van der Waals surface area (Å²) in [6.45, 7) is 2.82. The molecule has 124 valence electrons. The van der Waals surface area contributed by atoms with E-state index in [9.17, 15) is 8.42 Å². The highest BCUT2D eigenvalue weighted by Crippen LogP contribution is 2.23. The zero-order valence-electron chi connectivity index (χ0n) is 13.3. The van der Waals surface area contributed by atoms with Gasteiger partial charge in [0.2, 0.25) is 10.0 Å². The summed E-state index contributed by atoms with van der Waals surface area (Å²) < 4.78 is 27.3. The molecule has 1 aromatic heterocycles. The molecule has 0 N–H and O–H groups in total. The van der Waals surface area contributed by atoms with Crippen molar-refractivity contribution in [3.05, 3.63) is 47.8 Å². The lowest BCUT2D eigenvalue weighted by Gasteiger charge is -2.30. The number of piperidine rings is 1. The Balaban J connectivity index is 1.61. The molecule has 1 aromatic carbocycles. The minimum Gasteiger partial charge on any atom is -0.249 e. The van der Waals surface area contributed by atoms with Crippen LogP contribution in [0.25, 0.3) is 0 Å². The molecule has 1 fully saturated rings. The highest BCUT2D eigenvalue weighted by Gasteiger charge is 2.27. The number of rotatable bonds is 5. The highest BCUT2D eigenvalue weighted by atomic mass is 32.2. The van der Waals surface area contributed by atoms with Gasteiger partial charge >= 0.3 is 0 Å². The van der Waals surface area contributed by atoms with Crippen molar-refractivity contribution in [3.8, 4) is 0 Å². The first kappa shape index (κ1) is 16.1. The van der Waals surface area contributed by atoms with Crippen molar-refractivity contribution in [2.45, 2.75) is 32.2 Å². The van der Waals surface area contributed by atoms with Crippen molar-refractivity contribution in [3.63, 3.8) is 0 Å². The first-order valence-corrected chi connectivity index (χ1v) is 9.62. The lowest BCUT2D eigenvalue weighted by atomic mass is 10.1. The van der Waals surface area contributed by atoms with E-state index in [-0.39, 0.29) is 11.8 Å². The Labute approximate surface area is 137 Å². The molecule has 1 aliphatic heterocycles. The van der Waals surface area contributed by atoms with E-state index in [1.54, 1.807) is 11.2 Å². The summed E-state index contributed by atoms with van der Waals surface area (Å²) in [6.07, 6.45) is 4.33. The zero-order chi connectivity index (χ0) is 16.3. The summed E-state index contributed by atoms with van der Waals surface area (Å²) in [4.78, 5) is 0. The van der Waals surface area contributed by atoms with E-state index in [1.807, 2.05) is 29.1 Å². The van der Waals surface area contributed by atoms with E-state index in [4.69, 9.17) is 0 Å². The van der Waals surface area contributed by atoms with Crippen LogP contribution in [0.3, 0.4) is 0 Å². The lowest BCUT2D eigenvalue weighted by molar-refractivity contribution is 0.258. The Morgan fingerprint density at radius 2 is 1.87 bits per heavy atom. The van der Waals surface area contributed by atoms with E-state index in [0.29, 0.717) is 13.1 Å². The van der Waals surface area contributed by atoms with Crippen LogP contribution in [0.1, 0.15) is 37.1 Å². The average molecular weight is 334 g/mol. The van der Waals surface area contributed by atoms with Gasteiger partial charge in [-0.25, -0.2) is 17.4 Å². The second-order valence-corrected chi connectivity index (χ2v) is 8.14. The third-order valence-corrected chi connectivity index (χ3v) is 6.22. The molecule has 1 aliphatic rings. The molecule has 0 spiro atoms. The number of nitrogens with zero attached hydrogens (tertiary/aromatic N) is 4. The number of aromatic nitrogens is 3. The minimum absolute atomic E-state index is 0.169. The molecule has 0 unspecified atom stereocenters. The second-order valence-electron chi connectivity index (χ2n) is 5.88. The van der Waals surface area contributed by atoms with Crippen LogP contribution in [0.15, 0.2) is 36.5 Å². The quantitative estimate of drug-likeness (QED) is 0.837. The van der Waals surface area contributed by atoms with Crippen molar-refractivity contribution >= 4 is 10.0 Å². The third-order valence-electron chi connectivity index (χ3n) is 4.34. The molecule has 0 bridgehead atoms. The molecule has 0 saturated carbocycles. The Hall–Kier alpha value is -1.73. The normalized spacial score (nSPS) is 17.4. The van der Waals surface area contributed by atoms with E-state index in [2.05, 4.69) is 22.4 Å². The largest absolute Gasteiger partial charge is 0.249 e. The summed E-state index contributed by atoms with van der Waals surface area (Å²) in [5.74, 6) is 0.169. The van der Waals surface area contributed by atoms with Crippen LogP contribution in [-0.4, -0.2) is 46.6 Å². The molecule has 2 aromatic rings. The molecular formula is C16H22N4O2S. The van der Waals surface area contributed by atoms with E-state index >= 15 is 0 Å². The molecule has 7 heteroatoms. The number of sulfonamides is 1. The second kappa shape index (κ2) is 6.80. The van der Waals surface area contributed by atoms with Gasteiger partial charge in [0.05, 0.1) is 17.5 Å². The van der Waals surface area contributed by atoms with Crippen LogP contribution in [-0.2, 0) is 16.4 Å². The number of hydrogen-bond donors (Lipinski definition) is 0. The number of benzene rings is 1. The summed E-state index contributed by atoms with van der Waals surface area (Å²) in [5, 5.41) is 8.49. The number of hydrogen-bond acceptors (Lipinski definition) is 4. The van der Waals surface area contributed by atoms with Gasteiger partial charge in [0.15, 0.2) is 0 Å². The molecule has 2 heterocycles. The van der Waals surface area contributed by atoms with Crippen LogP contribution in [0.5, 0.6) is 0 Å². The van der Waals surface area contributed by atoms with Gasteiger partial charge in [-0.15, -0.1) is 5.10 Å². The predicted molar refractivity (Wildman–Crippen MR) is 88.6 cm³/mol. The van der Waals surface area contributed by atoms with Gasteiger partial charge in [-0.05, 0) is 25.3 Å². The first-order valence-electron chi connectivity index (χ1n) is 8.01.